The molecule has 1 saturated carbocycles. The van der Waals surface area contributed by atoms with Crippen molar-refractivity contribution in [3.8, 4) is 0 Å². The van der Waals surface area contributed by atoms with Crippen LogP contribution in [0.4, 0.5) is 5.95 Å². The Kier molecular flexibility index (Phi) is 3.81. The number of piperidine rings is 1. The van der Waals surface area contributed by atoms with Gasteiger partial charge < -0.3 is 9.32 Å². The molecule has 0 radical (unpaired) electrons. The van der Waals surface area contributed by atoms with Crippen molar-refractivity contribution < 1.29 is 4.42 Å². The topological polar surface area (TPSA) is 45.4 Å². The molecule has 0 amide bonds. The molecule has 0 N–H and O–H groups in total. The first-order valence-corrected chi connectivity index (χ1v) is 8.51. The minimum Gasteiger partial charge on any atom is -0.468 e. The van der Waals surface area contributed by atoms with Gasteiger partial charge in [-0.15, -0.1) is 0 Å². The molecule has 1 spiro atoms. The van der Waals surface area contributed by atoms with Crippen LogP contribution in [-0.2, 0) is 6.54 Å². The van der Waals surface area contributed by atoms with Gasteiger partial charge in [-0.3, -0.25) is 4.90 Å². The predicted molar refractivity (Wildman–Crippen MR) is 89.1 cm³/mol. The highest BCUT2D eigenvalue weighted by atomic mass is 16.3. The zero-order valence-electron chi connectivity index (χ0n) is 13.7. The summed E-state index contributed by atoms with van der Waals surface area (Å²) in [7, 11) is 2.24. The first-order chi connectivity index (χ1) is 11.3. The molecule has 0 aromatic carbocycles. The summed E-state index contributed by atoms with van der Waals surface area (Å²) in [5, 5.41) is 0. The fourth-order valence-electron chi connectivity index (χ4n) is 4.32. The van der Waals surface area contributed by atoms with Gasteiger partial charge in [0.15, 0.2) is 0 Å². The number of rotatable bonds is 4. The molecule has 2 aliphatic rings. The molecule has 5 nitrogen and oxygen atoms in total. The zero-order chi connectivity index (χ0) is 15.7. The van der Waals surface area contributed by atoms with Gasteiger partial charge in [-0.2, -0.15) is 0 Å². The van der Waals surface area contributed by atoms with Crippen molar-refractivity contribution in [1.29, 1.82) is 0 Å². The SMILES string of the molecule is CN(Cc1ccco1)[C@H]1CCC12CCN(c1ncccn1)CC2. The largest absolute Gasteiger partial charge is 0.468 e. The van der Waals surface area contributed by atoms with Crippen molar-refractivity contribution >= 4 is 5.95 Å². The molecule has 2 fully saturated rings. The number of nitrogens with zero attached hydrogens (tertiary/aromatic N) is 4. The molecule has 122 valence electrons. The highest BCUT2D eigenvalue weighted by Crippen LogP contribution is 2.51. The third kappa shape index (κ3) is 2.74. The summed E-state index contributed by atoms with van der Waals surface area (Å²) in [6.45, 7) is 3.04. The lowest BCUT2D eigenvalue weighted by Gasteiger charge is -2.56. The number of hydrogen-bond donors (Lipinski definition) is 0. The lowest BCUT2D eigenvalue weighted by atomic mass is 9.59. The van der Waals surface area contributed by atoms with Crippen LogP contribution in [0.1, 0.15) is 31.4 Å². The van der Waals surface area contributed by atoms with E-state index in [0.717, 1.165) is 31.3 Å². The van der Waals surface area contributed by atoms with E-state index in [1.807, 2.05) is 24.5 Å². The molecule has 1 aliphatic heterocycles. The molecule has 2 aromatic heterocycles. The van der Waals surface area contributed by atoms with Gasteiger partial charge in [0.2, 0.25) is 5.95 Å². The summed E-state index contributed by atoms with van der Waals surface area (Å²) < 4.78 is 5.51. The Labute approximate surface area is 137 Å². The fourth-order valence-corrected chi connectivity index (χ4v) is 4.32. The third-order valence-corrected chi connectivity index (χ3v) is 5.73. The van der Waals surface area contributed by atoms with E-state index in [1.54, 1.807) is 6.26 Å². The highest BCUT2D eigenvalue weighted by Gasteiger charge is 2.49. The Morgan fingerprint density at radius 2 is 2.00 bits per heavy atom. The van der Waals surface area contributed by atoms with Crippen LogP contribution >= 0.6 is 0 Å². The van der Waals surface area contributed by atoms with Crippen LogP contribution in [0.2, 0.25) is 0 Å². The van der Waals surface area contributed by atoms with Crippen molar-refractivity contribution in [2.24, 2.45) is 5.41 Å². The summed E-state index contributed by atoms with van der Waals surface area (Å²) in [5.41, 5.74) is 0.479. The second-order valence-corrected chi connectivity index (χ2v) is 6.95. The Morgan fingerprint density at radius 3 is 2.61 bits per heavy atom. The van der Waals surface area contributed by atoms with E-state index in [2.05, 4.69) is 32.9 Å². The van der Waals surface area contributed by atoms with Crippen LogP contribution < -0.4 is 4.90 Å². The van der Waals surface area contributed by atoms with Crippen molar-refractivity contribution in [1.82, 2.24) is 14.9 Å². The van der Waals surface area contributed by atoms with E-state index in [9.17, 15) is 0 Å². The van der Waals surface area contributed by atoms with Gasteiger partial charge in [0.25, 0.3) is 0 Å². The van der Waals surface area contributed by atoms with E-state index < -0.39 is 0 Å². The van der Waals surface area contributed by atoms with E-state index in [0.29, 0.717) is 11.5 Å². The molecule has 1 saturated heterocycles. The van der Waals surface area contributed by atoms with Gasteiger partial charge in [0.1, 0.15) is 5.76 Å². The van der Waals surface area contributed by atoms with Crippen molar-refractivity contribution in [2.45, 2.75) is 38.3 Å². The van der Waals surface area contributed by atoms with Crippen LogP contribution in [0.15, 0.2) is 41.3 Å². The maximum atomic E-state index is 5.51. The molecule has 1 atom stereocenters. The standard InChI is InChI=1S/C18H24N4O/c1-21(14-15-4-2-13-23-15)16-5-6-18(16)7-11-22(12-8-18)17-19-9-3-10-20-17/h2-4,9-10,13,16H,5-8,11-12,14H2,1H3/t16-/m0/s1. The number of hydrogen-bond acceptors (Lipinski definition) is 5. The molecule has 0 bridgehead atoms. The monoisotopic (exact) mass is 312 g/mol. The summed E-state index contributed by atoms with van der Waals surface area (Å²) >= 11 is 0. The molecular weight excluding hydrogens is 288 g/mol. The van der Waals surface area contributed by atoms with Crippen LogP contribution in [-0.4, -0.2) is 41.0 Å². The summed E-state index contributed by atoms with van der Waals surface area (Å²) in [6.07, 6.45) is 10.5. The third-order valence-electron chi connectivity index (χ3n) is 5.73. The Morgan fingerprint density at radius 1 is 1.22 bits per heavy atom. The van der Waals surface area contributed by atoms with Gasteiger partial charge in [-0.1, -0.05) is 0 Å². The second-order valence-electron chi connectivity index (χ2n) is 6.95. The number of furan rings is 1. The van der Waals surface area contributed by atoms with Crippen LogP contribution in [0, 0.1) is 5.41 Å². The normalized spacial score (nSPS) is 23.2. The lowest BCUT2D eigenvalue weighted by Crippen LogP contribution is -2.58. The van der Waals surface area contributed by atoms with Gasteiger partial charge in [0, 0.05) is 31.5 Å². The molecule has 1 aliphatic carbocycles. The molecule has 3 heterocycles. The minimum absolute atomic E-state index is 0.479. The maximum Gasteiger partial charge on any atom is 0.225 e. The van der Waals surface area contributed by atoms with Crippen molar-refractivity contribution in [2.75, 3.05) is 25.0 Å². The Hall–Kier alpha value is -1.88. The molecule has 4 rings (SSSR count). The fraction of sp³-hybridized carbons (Fsp3) is 0.556. The number of anilines is 1. The van der Waals surface area contributed by atoms with E-state index >= 15 is 0 Å². The smallest absolute Gasteiger partial charge is 0.225 e. The molecule has 23 heavy (non-hydrogen) atoms. The Balaban J connectivity index is 1.38. The van der Waals surface area contributed by atoms with Gasteiger partial charge in [-0.25, -0.2) is 9.97 Å². The van der Waals surface area contributed by atoms with Gasteiger partial charge in [-0.05, 0) is 56.3 Å². The van der Waals surface area contributed by atoms with Gasteiger partial charge in [0.05, 0.1) is 12.8 Å². The maximum absolute atomic E-state index is 5.51. The van der Waals surface area contributed by atoms with E-state index in [4.69, 9.17) is 4.42 Å². The van der Waals surface area contributed by atoms with E-state index in [-0.39, 0.29) is 0 Å². The number of aromatic nitrogens is 2. The molecular formula is C18H24N4O. The van der Waals surface area contributed by atoms with Crippen molar-refractivity contribution in [3.05, 3.63) is 42.6 Å². The lowest BCUT2D eigenvalue weighted by molar-refractivity contribution is -0.0384. The first-order valence-electron chi connectivity index (χ1n) is 8.51. The molecule has 2 aromatic rings. The Bertz CT molecular complexity index is 620. The van der Waals surface area contributed by atoms with Crippen LogP contribution in [0.5, 0.6) is 0 Å². The van der Waals surface area contributed by atoms with Crippen molar-refractivity contribution in [3.63, 3.8) is 0 Å². The van der Waals surface area contributed by atoms with Gasteiger partial charge >= 0.3 is 0 Å². The first kappa shape index (κ1) is 14.7. The molecule has 0 unspecified atom stereocenters. The second kappa shape index (κ2) is 5.96. The molecule has 5 heteroatoms. The minimum atomic E-state index is 0.479. The predicted octanol–water partition coefficient (Wildman–Crippen LogP) is 2.95. The summed E-state index contributed by atoms with van der Waals surface area (Å²) in [5.74, 6) is 1.94. The van der Waals surface area contributed by atoms with E-state index in [1.165, 1.54) is 25.7 Å². The zero-order valence-corrected chi connectivity index (χ0v) is 13.7. The average Bonchev–Trinajstić information content (AvgIpc) is 3.07. The quantitative estimate of drug-likeness (QED) is 0.868. The summed E-state index contributed by atoms with van der Waals surface area (Å²) in [4.78, 5) is 13.6. The van der Waals surface area contributed by atoms with Crippen LogP contribution in [0.3, 0.4) is 0 Å². The highest BCUT2D eigenvalue weighted by molar-refractivity contribution is 5.30. The summed E-state index contributed by atoms with van der Waals surface area (Å²) in [6, 6.07) is 6.59. The average molecular weight is 312 g/mol. The van der Waals surface area contributed by atoms with Crippen LogP contribution in [0.25, 0.3) is 0 Å².